The lowest BCUT2D eigenvalue weighted by Crippen LogP contribution is -1.97. The molecular formula is C11H12BrNS. The smallest absolute Gasteiger partial charge is 0.0794 e. The number of benzene rings is 1. The molecule has 4 rings (SSSR count). The van der Waals surface area contributed by atoms with Crippen LogP contribution in [0.1, 0.15) is 16.0 Å². The van der Waals surface area contributed by atoms with E-state index in [0.717, 1.165) is 0 Å². The van der Waals surface area contributed by atoms with Crippen LogP contribution >= 0.6 is 28.3 Å². The Morgan fingerprint density at radius 1 is 1.29 bits per heavy atom. The zero-order chi connectivity index (χ0) is 9.10. The number of aromatic nitrogens is 1. The maximum atomic E-state index is 3.84. The van der Waals surface area contributed by atoms with E-state index in [4.69, 9.17) is 0 Å². The van der Waals surface area contributed by atoms with Crippen LogP contribution in [0.15, 0.2) is 36.0 Å². The summed E-state index contributed by atoms with van der Waals surface area (Å²) in [6, 6.07) is 8.65. The molecule has 0 spiro atoms. The van der Waals surface area contributed by atoms with Gasteiger partial charge in [-0.3, -0.25) is 4.98 Å². The number of aryl methyl sites for hydroxylation is 1. The molecule has 1 heterocycles. The molecule has 2 aliphatic rings. The van der Waals surface area contributed by atoms with E-state index in [1.807, 2.05) is 18.6 Å². The molecule has 74 valence electrons. The van der Waals surface area contributed by atoms with Crippen LogP contribution in [0, 0.1) is 6.92 Å². The minimum atomic E-state index is 0. The minimum Gasteiger partial charge on any atom is -0.253 e. The first-order valence-corrected chi connectivity index (χ1v) is 5.15. The molecule has 1 aromatic heterocycles. The first kappa shape index (κ1) is 11.4. The SMILES string of the molecule is Br.Cc1cncs1.c1cc2cc(c1)C2. The lowest BCUT2D eigenvalue weighted by molar-refractivity contribution is 1.09. The van der Waals surface area contributed by atoms with E-state index in [9.17, 15) is 0 Å². The lowest BCUT2D eigenvalue weighted by atomic mass is 9.94. The van der Waals surface area contributed by atoms with Gasteiger partial charge in [0.15, 0.2) is 0 Å². The lowest BCUT2D eigenvalue weighted by Gasteiger charge is -2.11. The van der Waals surface area contributed by atoms with Crippen molar-refractivity contribution >= 4 is 28.3 Å². The molecule has 14 heavy (non-hydrogen) atoms. The van der Waals surface area contributed by atoms with Crippen molar-refractivity contribution in [3.8, 4) is 0 Å². The van der Waals surface area contributed by atoms with E-state index in [1.54, 1.807) is 11.3 Å². The molecule has 0 atom stereocenters. The Labute approximate surface area is 98.6 Å². The Bertz CT molecular complexity index is 359. The van der Waals surface area contributed by atoms with Crippen molar-refractivity contribution in [3.63, 3.8) is 0 Å². The van der Waals surface area contributed by atoms with Gasteiger partial charge in [0.2, 0.25) is 0 Å². The molecule has 3 heteroatoms. The zero-order valence-corrected chi connectivity index (χ0v) is 10.5. The molecule has 1 aromatic carbocycles. The molecule has 0 amide bonds. The van der Waals surface area contributed by atoms with Crippen LogP contribution < -0.4 is 0 Å². The third kappa shape index (κ3) is 2.93. The summed E-state index contributed by atoms with van der Waals surface area (Å²) in [7, 11) is 0. The molecule has 1 nitrogen and oxygen atoms in total. The Morgan fingerprint density at radius 2 is 1.93 bits per heavy atom. The first-order chi connectivity index (χ1) is 6.34. The minimum absolute atomic E-state index is 0. The Balaban J connectivity index is 0.000000132. The van der Waals surface area contributed by atoms with Crippen LogP contribution in [0.2, 0.25) is 0 Å². The van der Waals surface area contributed by atoms with Crippen molar-refractivity contribution in [3.05, 3.63) is 52.0 Å². The predicted molar refractivity (Wildman–Crippen MR) is 66.4 cm³/mol. The highest BCUT2D eigenvalue weighted by molar-refractivity contribution is 8.93. The molecule has 2 aliphatic carbocycles. The molecule has 0 fully saturated rings. The van der Waals surface area contributed by atoms with Crippen molar-refractivity contribution in [1.82, 2.24) is 4.98 Å². The standard InChI is InChI=1S/C7H6.C4H5NS.BrH/c1-2-6-4-7(3-1)5-6;1-4-2-5-3-6-4;/h1-4H,5H2;2-3H,1H3;1H. The predicted octanol–water partition coefficient (Wildman–Crippen LogP) is 3.62. The largest absolute Gasteiger partial charge is 0.253 e. The monoisotopic (exact) mass is 269 g/mol. The van der Waals surface area contributed by atoms with Crippen molar-refractivity contribution in [2.24, 2.45) is 0 Å². The zero-order valence-electron chi connectivity index (χ0n) is 7.93. The van der Waals surface area contributed by atoms with E-state index in [0.29, 0.717) is 0 Å². The number of nitrogens with zero attached hydrogens (tertiary/aromatic N) is 1. The van der Waals surface area contributed by atoms with Crippen molar-refractivity contribution in [2.45, 2.75) is 13.3 Å². The number of halogens is 1. The van der Waals surface area contributed by atoms with Gasteiger partial charge in [-0.15, -0.1) is 28.3 Å². The molecule has 0 N–H and O–H groups in total. The average Bonchev–Trinajstić information content (AvgIpc) is 2.57. The summed E-state index contributed by atoms with van der Waals surface area (Å²) in [5.74, 6) is 0. The van der Waals surface area contributed by atoms with Crippen LogP contribution in [-0.2, 0) is 6.42 Å². The summed E-state index contributed by atoms with van der Waals surface area (Å²) < 4.78 is 0. The second kappa shape index (κ2) is 5.27. The van der Waals surface area contributed by atoms with E-state index >= 15 is 0 Å². The third-order valence-electron chi connectivity index (χ3n) is 1.96. The molecule has 2 aromatic rings. The van der Waals surface area contributed by atoms with Gasteiger partial charge in [-0.1, -0.05) is 24.3 Å². The number of hydrogen-bond acceptors (Lipinski definition) is 2. The Morgan fingerprint density at radius 3 is 2.07 bits per heavy atom. The fourth-order valence-corrected chi connectivity index (χ4v) is 1.64. The van der Waals surface area contributed by atoms with Crippen LogP contribution in [0.4, 0.5) is 0 Å². The van der Waals surface area contributed by atoms with Gasteiger partial charge in [0.05, 0.1) is 5.51 Å². The number of hydrogen-bond donors (Lipinski definition) is 0. The number of thiazole rings is 1. The molecule has 0 aliphatic heterocycles. The second-order valence-electron chi connectivity index (χ2n) is 3.11. The van der Waals surface area contributed by atoms with Gasteiger partial charge < -0.3 is 0 Å². The van der Waals surface area contributed by atoms with Gasteiger partial charge in [-0.05, 0) is 24.5 Å². The van der Waals surface area contributed by atoms with Gasteiger partial charge in [-0.2, -0.15) is 0 Å². The Hall–Kier alpha value is -0.670. The topological polar surface area (TPSA) is 12.9 Å². The fraction of sp³-hybridized carbons (Fsp3) is 0.182. The second-order valence-corrected chi connectivity index (χ2v) is 4.20. The molecule has 0 saturated carbocycles. The maximum absolute atomic E-state index is 3.84. The normalized spacial score (nSPS) is 10.4. The molecule has 0 radical (unpaired) electrons. The molecule has 2 bridgehead atoms. The number of fused-ring (bicyclic) bond motifs is 2. The van der Waals surface area contributed by atoms with Gasteiger partial charge in [0.25, 0.3) is 0 Å². The quantitative estimate of drug-likeness (QED) is 0.608. The summed E-state index contributed by atoms with van der Waals surface area (Å²) in [6.45, 7) is 2.04. The summed E-state index contributed by atoms with van der Waals surface area (Å²) in [5, 5.41) is 0. The number of rotatable bonds is 0. The molecule has 0 saturated heterocycles. The van der Waals surface area contributed by atoms with Crippen molar-refractivity contribution in [1.29, 1.82) is 0 Å². The van der Waals surface area contributed by atoms with Crippen LogP contribution in [0.3, 0.4) is 0 Å². The molecular weight excluding hydrogens is 258 g/mol. The Kier molecular flexibility index (Phi) is 4.29. The van der Waals surface area contributed by atoms with Crippen LogP contribution in [0.25, 0.3) is 0 Å². The van der Waals surface area contributed by atoms with E-state index in [-0.39, 0.29) is 17.0 Å². The summed E-state index contributed by atoms with van der Waals surface area (Å²) >= 11 is 1.67. The highest BCUT2D eigenvalue weighted by Crippen LogP contribution is 2.18. The summed E-state index contributed by atoms with van der Waals surface area (Å²) in [6.07, 6.45) is 3.07. The van der Waals surface area contributed by atoms with E-state index in [2.05, 4.69) is 29.2 Å². The van der Waals surface area contributed by atoms with E-state index in [1.165, 1.54) is 22.4 Å². The maximum Gasteiger partial charge on any atom is 0.0794 e. The molecule has 0 unspecified atom stereocenters. The average molecular weight is 270 g/mol. The highest BCUT2D eigenvalue weighted by Gasteiger charge is 2.04. The van der Waals surface area contributed by atoms with Crippen LogP contribution in [-0.4, -0.2) is 4.98 Å². The highest BCUT2D eigenvalue weighted by atomic mass is 79.9. The van der Waals surface area contributed by atoms with Gasteiger partial charge in [-0.25, -0.2) is 0 Å². The van der Waals surface area contributed by atoms with E-state index < -0.39 is 0 Å². The first-order valence-electron chi connectivity index (χ1n) is 4.27. The summed E-state index contributed by atoms with van der Waals surface area (Å²) in [5.41, 5.74) is 4.80. The van der Waals surface area contributed by atoms with Crippen LogP contribution in [0.5, 0.6) is 0 Å². The van der Waals surface area contributed by atoms with Crippen molar-refractivity contribution in [2.75, 3.05) is 0 Å². The fourth-order valence-electron chi connectivity index (χ4n) is 1.23. The van der Waals surface area contributed by atoms with Crippen molar-refractivity contribution < 1.29 is 0 Å². The summed E-state index contributed by atoms with van der Waals surface area (Å²) in [4.78, 5) is 5.11. The van der Waals surface area contributed by atoms with Gasteiger partial charge in [0, 0.05) is 11.1 Å². The van der Waals surface area contributed by atoms with Gasteiger partial charge >= 0.3 is 0 Å². The van der Waals surface area contributed by atoms with Gasteiger partial charge in [0.1, 0.15) is 0 Å². The third-order valence-corrected chi connectivity index (χ3v) is 2.66.